The number of diazo groups is 1. The molecule has 12 heteroatoms. The van der Waals surface area contributed by atoms with E-state index in [9.17, 15) is 29.7 Å². The molecule has 1 fully saturated rings. The molecule has 2 aromatic rings. The summed E-state index contributed by atoms with van der Waals surface area (Å²) in [7, 11) is 1.01. The fraction of sp³-hybridized carbons (Fsp3) is 0.286. The Morgan fingerprint density at radius 3 is 2.33 bits per heavy atom. The standard InChI is InChI=1S/C28H28N4O8/c1-5-19-14-10-11-15-20(19)23-21(25(34)39-6-2)17(3)31(28(37)40-16-18-12-8-7-9-13-18)27(36)32(23)24(33)22(30-29)26(35)38-4/h5,7-15,17,21,23H,1,6,16H2,2-4H3/p+1. The second kappa shape index (κ2) is 13.1. The van der Waals surface area contributed by atoms with Crippen molar-refractivity contribution in [1.29, 1.82) is 5.39 Å². The molecule has 40 heavy (non-hydrogen) atoms. The summed E-state index contributed by atoms with van der Waals surface area (Å²) < 4.78 is 15.3. The summed E-state index contributed by atoms with van der Waals surface area (Å²) in [6.45, 7) is 6.59. The third-order valence-electron chi connectivity index (χ3n) is 6.37. The van der Waals surface area contributed by atoms with Crippen LogP contribution in [-0.2, 0) is 30.4 Å². The summed E-state index contributed by atoms with van der Waals surface area (Å²) in [6.07, 6.45) is 0.335. The highest BCUT2D eigenvalue weighted by Crippen LogP contribution is 2.42. The van der Waals surface area contributed by atoms with Crippen LogP contribution in [0.2, 0.25) is 0 Å². The number of carbonyl (C=O) groups is 4. The van der Waals surface area contributed by atoms with Crippen molar-refractivity contribution in [3.05, 3.63) is 94.5 Å². The van der Waals surface area contributed by atoms with E-state index in [1.807, 2.05) is 0 Å². The lowest BCUT2D eigenvalue weighted by atomic mass is 9.81. The van der Waals surface area contributed by atoms with Crippen molar-refractivity contribution in [3.63, 3.8) is 0 Å². The minimum absolute atomic E-state index is 0.0280. The molecule has 0 radical (unpaired) electrons. The van der Waals surface area contributed by atoms with Gasteiger partial charge < -0.3 is 19.3 Å². The van der Waals surface area contributed by atoms with E-state index in [1.165, 1.54) is 13.0 Å². The first-order valence-electron chi connectivity index (χ1n) is 12.3. The monoisotopic (exact) mass is 549 g/mol. The molecule has 0 spiro atoms. The summed E-state index contributed by atoms with van der Waals surface area (Å²) in [5.74, 6) is -4.58. The van der Waals surface area contributed by atoms with Crippen LogP contribution >= 0.6 is 0 Å². The molecule has 1 N–H and O–H groups in total. The molecule has 12 nitrogen and oxygen atoms in total. The van der Waals surface area contributed by atoms with Crippen molar-refractivity contribution < 1.29 is 38.5 Å². The fourth-order valence-corrected chi connectivity index (χ4v) is 4.49. The number of esters is 1. The number of hydrogen-bond donors (Lipinski definition) is 1. The molecule has 3 atom stereocenters. The van der Waals surface area contributed by atoms with Gasteiger partial charge in [-0.25, -0.2) is 19.4 Å². The molecule has 3 rings (SSSR count). The van der Waals surface area contributed by atoms with Crippen molar-refractivity contribution in [2.45, 2.75) is 32.5 Å². The van der Waals surface area contributed by atoms with Crippen LogP contribution in [0, 0.1) is 11.3 Å². The lowest BCUT2D eigenvalue weighted by molar-refractivity contribution is -0.155. The lowest BCUT2D eigenvalue weighted by Crippen LogP contribution is -2.64. The van der Waals surface area contributed by atoms with Gasteiger partial charge in [-0.05, 0) is 30.5 Å². The van der Waals surface area contributed by atoms with Crippen LogP contribution in [0.4, 0.5) is 9.59 Å². The number of carbonyl (C=O) groups excluding carboxylic acids is 4. The zero-order valence-electron chi connectivity index (χ0n) is 22.2. The van der Waals surface area contributed by atoms with Crippen LogP contribution < -0.4 is 0 Å². The number of hydrogen-bond acceptors (Lipinski definition) is 9. The van der Waals surface area contributed by atoms with E-state index in [0.29, 0.717) is 26.5 Å². The predicted molar refractivity (Wildman–Crippen MR) is 141 cm³/mol. The van der Waals surface area contributed by atoms with Crippen molar-refractivity contribution in [3.8, 4) is 0 Å². The van der Waals surface area contributed by atoms with Gasteiger partial charge in [0.1, 0.15) is 12.5 Å². The summed E-state index contributed by atoms with van der Waals surface area (Å²) >= 11 is 0. The van der Waals surface area contributed by atoms with Gasteiger partial charge in [-0.1, -0.05) is 67.3 Å². The van der Waals surface area contributed by atoms with Gasteiger partial charge in [0, 0.05) is 0 Å². The zero-order chi connectivity index (χ0) is 29.4. The van der Waals surface area contributed by atoms with E-state index in [0.717, 1.165) is 7.11 Å². The summed E-state index contributed by atoms with van der Waals surface area (Å²) in [6, 6.07) is 11.5. The second-order valence-corrected chi connectivity index (χ2v) is 8.62. The average Bonchev–Trinajstić information content (AvgIpc) is 2.96. The summed E-state index contributed by atoms with van der Waals surface area (Å²) in [5, 5.41) is 19.6. The van der Waals surface area contributed by atoms with Crippen LogP contribution in [0.3, 0.4) is 0 Å². The van der Waals surface area contributed by atoms with Gasteiger partial charge in [0.05, 0.1) is 25.8 Å². The first kappa shape index (κ1) is 29.4. The Hall–Kier alpha value is -5.18. The van der Waals surface area contributed by atoms with Crippen LogP contribution in [0.25, 0.3) is 11.1 Å². The number of aliphatic hydroxyl groups excluding tert-OH is 1. The van der Waals surface area contributed by atoms with Crippen LogP contribution in [0.5, 0.6) is 0 Å². The van der Waals surface area contributed by atoms with Crippen molar-refractivity contribution in [1.82, 2.24) is 9.80 Å². The Morgan fingerprint density at radius 1 is 1.07 bits per heavy atom. The van der Waals surface area contributed by atoms with Crippen molar-refractivity contribution in [2.75, 3.05) is 13.7 Å². The van der Waals surface area contributed by atoms with E-state index in [-0.39, 0.29) is 13.2 Å². The number of amides is 4. The molecule has 1 heterocycles. The number of imide groups is 2. The maximum absolute atomic E-state index is 14.0. The molecular formula is C28H29N4O8+. The Kier molecular flexibility index (Phi) is 9.59. The van der Waals surface area contributed by atoms with Gasteiger partial charge in [-0.3, -0.25) is 9.59 Å². The third-order valence-corrected chi connectivity index (χ3v) is 6.37. The largest absolute Gasteiger partial charge is 0.528 e. The molecule has 1 aliphatic rings. The quantitative estimate of drug-likeness (QED) is 0.213. The van der Waals surface area contributed by atoms with E-state index < -0.39 is 53.6 Å². The molecular weight excluding hydrogens is 520 g/mol. The predicted octanol–water partition coefficient (Wildman–Crippen LogP) is 4.77. The number of aliphatic hydroxyl groups is 1. The summed E-state index contributed by atoms with van der Waals surface area (Å²) in [4.78, 5) is 58.3. The maximum Gasteiger partial charge on any atom is 0.528 e. The van der Waals surface area contributed by atoms with Crippen LogP contribution in [0.15, 0.2) is 72.8 Å². The van der Waals surface area contributed by atoms with Crippen LogP contribution in [-0.4, -0.2) is 58.7 Å². The van der Waals surface area contributed by atoms with E-state index in [4.69, 9.17) is 9.47 Å². The van der Waals surface area contributed by atoms with E-state index in [1.54, 1.807) is 61.5 Å². The molecule has 0 aliphatic carbocycles. The topological polar surface area (TPSA) is 151 Å². The number of benzene rings is 2. The number of methoxy groups -OCH3 is 1. The molecule has 1 aliphatic heterocycles. The van der Waals surface area contributed by atoms with Gasteiger partial charge in [-0.15, -0.1) is 0 Å². The smallest absolute Gasteiger partial charge is 0.475 e. The van der Waals surface area contributed by atoms with Gasteiger partial charge in [0.25, 0.3) is 0 Å². The van der Waals surface area contributed by atoms with Gasteiger partial charge in [0.2, 0.25) is 5.39 Å². The van der Waals surface area contributed by atoms with Gasteiger partial charge in [-0.2, -0.15) is 0 Å². The number of urea groups is 1. The highest BCUT2D eigenvalue weighted by atomic mass is 16.6. The zero-order valence-corrected chi connectivity index (χ0v) is 22.2. The second-order valence-electron chi connectivity index (χ2n) is 8.62. The molecule has 208 valence electrons. The van der Waals surface area contributed by atoms with Gasteiger partial charge in [0.15, 0.2) is 4.98 Å². The average molecular weight is 550 g/mol. The number of rotatable bonds is 8. The highest BCUT2D eigenvalue weighted by Gasteiger charge is 2.57. The molecule has 3 unspecified atom stereocenters. The maximum atomic E-state index is 14.0. The normalized spacial score (nSPS) is 19.1. The van der Waals surface area contributed by atoms with Gasteiger partial charge >= 0.3 is 35.6 Å². The first-order valence-corrected chi connectivity index (χ1v) is 12.3. The molecule has 0 aromatic heterocycles. The van der Waals surface area contributed by atoms with Crippen LogP contribution in [0.1, 0.15) is 36.6 Å². The Morgan fingerprint density at radius 2 is 1.73 bits per heavy atom. The number of nitrogens with zero attached hydrogens (tertiary/aromatic N) is 4. The molecule has 1 saturated heterocycles. The molecule has 0 bridgehead atoms. The molecule has 4 amide bonds. The Balaban J connectivity index is 2.21. The third kappa shape index (κ3) is 5.78. The van der Waals surface area contributed by atoms with Crippen molar-refractivity contribution >= 4 is 30.1 Å². The Labute approximate surface area is 230 Å². The molecule has 2 aromatic carbocycles. The molecule has 0 saturated carbocycles. The summed E-state index contributed by atoms with van der Waals surface area (Å²) in [5.41, 5.74) is 0.388. The lowest BCUT2D eigenvalue weighted by Gasteiger charge is -2.46. The minimum atomic E-state index is -1.37. The van der Waals surface area contributed by atoms with E-state index >= 15 is 0 Å². The van der Waals surface area contributed by atoms with Crippen molar-refractivity contribution in [2.24, 2.45) is 5.92 Å². The number of ether oxygens (including phenoxy) is 3. The Bertz CT molecular complexity index is 1370. The highest BCUT2D eigenvalue weighted by molar-refractivity contribution is 6.09. The SMILES string of the molecule is C=Cc1ccccc1C1C(C(=O)OCC)C(C)N(C(=O)OCc2ccccc2)C(=O)N1C(=O)/C([N+]#N)=C(\O)OC. The van der Waals surface area contributed by atoms with E-state index in [2.05, 4.69) is 16.3 Å². The first-order chi connectivity index (χ1) is 19.2. The minimum Gasteiger partial charge on any atom is -0.475 e. The fourth-order valence-electron chi connectivity index (χ4n) is 4.49.